The Hall–Kier alpha value is -2.37. The lowest BCUT2D eigenvalue weighted by Crippen LogP contribution is -2.15. The van der Waals surface area contributed by atoms with Crippen LogP contribution in [0.2, 0.25) is 5.15 Å². The first-order valence-electron chi connectivity index (χ1n) is 8.92. The lowest BCUT2D eigenvalue weighted by molar-refractivity contribution is 0.0367. The maximum absolute atomic E-state index is 5.77. The van der Waals surface area contributed by atoms with Gasteiger partial charge in [-0.3, -0.25) is 0 Å². The normalized spacial score (nSPS) is 15.1. The highest BCUT2D eigenvalue weighted by Crippen LogP contribution is 2.27. The first kappa shape index (κ1) is 19.4. The monoisotopic (exact) mass is 385 g/mol. The number of fused-ring (bicyclic) bond motifs is 1. The highest BCUT2D eigenvalue weighted by atomic mass is 35.5. The smallest absolute Gasteiger partial charge is 0.138 e. The molecule has 6 heteroatoms. The molecule has 1 aromatic carbocycles. The van der Waals surface area contributed by atoms with Gasteiger partial charge in [-0.05, 0) is 68.5 Å². The highest BCUT2D eigenvalue weighted by Gasteiger charge is 2.22. The highest BCUT2D eigenvalue weighted by molar-refractivity contribution is 6.29. The van der Waals surface area contributed by atoms with E-state index >= 15 is 0 Å². The average molecular weight is 386 g/mol. The van der Waals surface area contributed by atoms with E-state index in [0.717, 1.165) is 34.6 Å². The molecule has 0 amide bonds. The number of hydrogen-bond donors (Lipinski definition) is 1. The van der Waals surface area contributed by atoms with E-state index in [2.05, 4.69) is 29.1 Å². The number of nitrogens with one attached hydrogen (secondary N) is 1. The van der Waals surface area contributed by atoms with Gasteiger partial charge in [0.15, 0.2) is 0 Å². The maximum Gasteiger partial charge on any atom is 0.138 e. The number of hydrogen-bond acceptors (Lipinski definition) is 5. The van der Waals surface area contributed by atoms with Crippen molar-refractivity contribution in [3.8, 4) is 5.75 Å². The number of aromatic nitrogens is 2. The van der Waals surface area contributed by atoms with Gasteiger partial charge in [0.1, 0.15) is 16.7 Å². The molecule has 3 aromatic rings. The largest absolute Gasteiger partial charge is 0.497 e. The summed E-state index contributed by atoms with van der Waals surface area (Å²) in [6.07, 6.45) is 5.90. The first-order valence-corrected chi connectivity index (χ1v) is 9.30. The number of benzene rings is 1. The number of anilines is 2. The van der Waals surface area contributed by atoms with Gasteiger partial charge in [0, 0.05) is 18.2 Å². The molecule has 0 unspecified atom stereocenters. The van der Waals surface area contributed by atoms with Crippen LogP contribution in [-0.2, 0) is 4.74 Å². The van der Waals surface area contributed by atoms with Gasteiger partial charge in [-0.25, -0.2) is 9.97 Å². The summed E-state index contributed by atoms with van der Waals surface area (Å²) in [6.45, 7) is 5.24. The van der Waals surface area contributed by atoms with E-state index in [-0.39, 0.29) is 5.60 Å². The molecule has 1 N–H and O–H groups in total. The number of halogens is 1. The lowest BCUT2D eigenvalue weighted by Gasteiger charge is -2.14. The predicted molar refractivity (Wildman–Crippen MR) is 110 cm³/mol. The fourth-order valence-corrected chi connectivity index (χ4v) is 3.00. The van der Waals surface area contributed by atoms with E-state index in [1.807, 2.05) is 30.3 Å². The van der Waals surface area contributed by atoms with Crippen LogP contribution in [0.4, 0.5) is 11.5 Å². The summed E-state index contributed by atoms with van der Waals surface area (Å²) in [4.78, 5) is 8.41. The van der Waals surface area contributed by atoms with E-state index < -0.39 is 0 Å². The predicted octanol–water partition coefficient (Wildman–Crippen LogP) is 5.61. The zero-order chi connectivity index (χ0) is 19.3. The number of ether oxygens (including phenoxy) is 2. The van der Waals surface area contributed by atoms with E-state index in [0.29, 0.717) is 5.15 Å². The molecule has 27 heavy (non-hydrogen) atoms. The van der Waals surface area contributed by atoms with Gasteiger partial charge in [0.05, 0.1) is 24.6 Å². The number of rotatable bonds is 3. The van der Waals surface area contributed by atoms with E-state index in [9.17, 15) is 0 Å². The summed E-state index contributed by atoms with van der Waals surface area (Å²) in [5, 5.41) is 5.78. The third-order valence-electron chi connectivity index (χ3n) is 4.38. The van der Waals surface area contributed by atoms with Gasteiger partial charge in [0.2, 0.25) is 0 Å². The topological polar surface area (TPSA) is 56.3 Å². The molecule has 2 aromatic heterocycles. The second-order valence-corrected chi connectivity index (χ2v) is 7.34. The molecular weight excluding hydrogens is 362 g/mol. The van der Waals surface area contributed by atoms with Crippen LogP contribution in [0.15, 0.2) is 48.8 Å². The van der Waals surface area contributed by atoms with Gasteiger partial charge in [-0.1, -0.05) is 11.6 Å². The molecule has 1 aliphatic rings. The minimum Gasteiger partial charge on any atom is -0.497 e. The van der Waals surface area contributed by atoms with Crippen LogP contribution in [0.25, 0.3) is 10.8 Å². The lowest BCUT2D eigenvalue weighted by atomic mass is 10.1. The summed E-state index contributed by atoms with van der Waals surface area (Å²) in [6, 6.07) is 11.4. The van der Waals surface area contributed by atoms with Crippen molar-refractivity contribution in [2.24, 2.45) is 0 Å². The van der Waals surface area contributed by atoms with Crippen molar-refractivity contribution >= 4 is 33.9 Å². The molecule has 0 saturated carbocycles. The van der Waals surface area contributed by atoms with Crippen molar-refractivity contribution in [2.45, 2.75) is 32.3 Å². The average Bonchev–Trinajstić information content (AvgIpc) is 3.08. The number of methoxy groups -OCH3 is 1. The molecule has 4 rings (SSSR count). The van der Waals surface area contributed by atoms with Gasteiger partial charge < -0.3 is 14.8 Å². The van der Waals surface area contributed by atoms with Crippen molar-refractivity contribution < 1.29 is 9.47 Å². The SMILES string of the molecule is CC1(C)CCCO1.COc1ccc2c(Nc3ccc(Cl)nc3)nccc2c1. The first-order chi connectivity index (χ1) is 13.0. The van der Waals surface area contributed by atoms with E-state index in [4.69, 9.17) is 21.1 Å². The van der Waals surface area contributed by atoms with Crippen molar-refractivity contribution in [2.75, 3.05) is 19.0 Å². The molecule has 1 aliphatic heterocycles. The Balaban J connectivity index is 0.000000253. The summed E-state index contributed by atoms with van der Waals surface area (Å²) < 4.78 is 10.6. The number of pyridine rings is 2. The fourth-order valence-electron chi connectivity index (χ4n) is 2.89. The Bertz CT molecular complexity index is 890. The Labute approximate surface area is 164 Å². The second-order valence-electron chi connectivity index (χ2n) is 6.95. The van der Waals surface area contributed by atoms with Crippen LogP contribution in [-0.4, -0.2) is 29.3 Å². The molecule has 0 radical (unpaired) electrons. The van der Waals surface area contributed by atoms with Crippen LogP contribution in [0.3, 0.4) is 0 Å². The molecule has 5 nitrogen and oxygen atoms in total. The summed E-state index contributed by atoms with van der Waals surface area (Å²) >= 11 is 5.77. The zero-order valence-electron chi connectivity index (χ0n) is 15.8. The standard InChI is InChI=1S/C15H12ClN3O.C6H12O/c1-20-12-3-4-13-10(8-12)6-7-17-15(13)19-11-2-5-14(16)18-9-11;1-6(2)4-3-5-7-6/h2-9H,1H3,(H,17,19);3-5H2,1-2H3. The Morgan fingerprint density at radius 1 is 1.15 bits per heavy atom. The van der Waals surface area contributed by atoms with Gasteiger partial charge >= 0.3 is 0 Å². The van der Waals surface area contributed by atoms with Gasteiger partial charge in [0.25, 0.3) is 0 Å². The van der Waals surface area contributed by atoms with E-state index in [1.165, 1.54) is 12.8 Å². The van der Waals surface area contributed by atoms with Gasteiger partial charge in [-0.15, -0.1) is 0 Å². The molecule has 0 atom stereocenters. The quantitative estimate of drug-likeness (QED) is 0.594. The minimum atomic E-state index is 0.194. The van der Waals surface area contributed by atoms with Crippen molar-refractivity contribution in [1.82, 2.24) is 9.97 Å². The third kappa shape index (κ3) is 5.31. The van der Waals surface area contributed by atoms with Crippen LogP contribution in [0.1, 0.15) is 26.7 Å². The summed E-state index contributed by atoms with van der Waals surface area (Å²) in [5.41, 5.74) is 1.03. The van der Waals surface area contributed by atoms with Crippen LogP contribution >= 0.6 is 11.6 Å². The Morgan fingerprint density at radius 2 is 2.00 bits per heavy atom. The summed E-state index contributed by atoms with van der Waals surface area (Å²) in [7, 11) is 1.65. The molecule has 1 saturated heterocycles. The molecule has 0 spiro atoms. The molecular formula is C21H24ClN3O2. The van der Waals surface area contributed by atoms with E-state index in [1.54, 1.807) is 25.6 Å². The Morgan fingerprint density at radius 3 is 2.59 bits per heavy atom. The van der Waals surface area contributed by atoms with Gasteiger partial charge in [-0.2, -0.15) is 0 Å². The van der Waals surface area contributed by atoms with Crippen LogP contribution in [0, 0.1) is 0 Å². The van der Waals surface area contributed by atoms with Crippen LogP contribution < -0.4 is 10.1 Å². The molecule has 1 fully saturated rings. The molecule has 3 heterocycles. The second kappa shape index (κ2) is 8.55. The van der Waals surface area contributed by atoms with Crippen molar-refractivity contribution in [3.05, 3.63) is 53.9 Å². The summed E-state index contributed by atoms with van der Waals surface area (Å²) in [5.74, 6) is 1.59. The third-order valence-corrected chi connectivity index (χ3v) is 4.60. The molecule has 142 valence electrons. The van der Waals surface area contributed by atoms with Crippen molar-refractivity contribution in [3.63, 3.8) is 0 Å². The van der Waals surface area contributed by atoms with Crippen molar-refractivity contribution in [1.29, 1.82) is 0 Å². The zero-order valence-corrected chi connectivity index (χ0v) is 16.6. The Kier molecular flexibility index (Phi) is 6.14. The molecule has 0 aliphatic carbocycles. The maximum atomic E-state index is 5.77. The number of nitrogens with zero attached hydrogens (tertiary/aromatic N) is 2. The minimum absolute atomic E-state index is 0.194. The fraction of sp³-hybridized carbons (Fsp3) is 0.333. The van der Waals surface area contributed by atoms with Crippen LogP contribution in [0.5, 0.6) is 5.75 Å². The molecule has 0 bridgehead atoms.